The van der Waals surface area contributed by atoms with Gasteiger partial charge in [0, 0.05) is 35.8 Å². The molecule has 2 fully saturated rings. The van der Waals surface area contributed by atoms with E-state index in [9.17, 15) is 9.59 Å². The molecule has 6 heteroatoms. The van der Waals surface area contributed by atoms with Crippen LogP contribution in [0.2, 0.25) is 0 Å². The highest BCUT2D eigenvalue weighted by atomic mass is 16.6. The number of pyridine rings is 1. The Balaban J connectivity index is 1.41. The lowest BCUT2D eigenvalue weighted by Crippen LogP contribution is -2.55. The smallest absolute Gasteiger partial charge is 0.410 e. The van der Waals surface area contributed by atoms with Crippen LogP contribution in [0.4, 0.5) is 4.79 Å². The van der Waals surface area contributed by atoms with Crippen LogP contribution in [-0.4, -0.2) is 41.0 Å². The first-order valence-corrected chi connectivity index (χ1v) is 10.2. The first-order valence-electron chi connectivity index (χ1n) is 10.2. The minimum absolute atomic E-state index is 0.0610. The van der Waals surface area contributed by atoms with Gasteiger partial charge in [-0.25, -0.2) is 9.78 Å². The van der Waals surface area contributed by atoms with Gasteiger partial charge in [-0.3, -0.25) is 4.79 Å². The second kappa shape index (κ2) is 8.64. The Morgan fingerprint density at radius 3 is 2.41 bits per heavy atom. The molecule has 152 valence electrons. The summed E-state index contributed by atoms with van der Waals surface area (Å²) in [6, 6.07) is 13.3. The van der Waals surface area contributed by atoms with Crippen LogP contribution in [0.15, 0.2) is 48.7 Å². The van der Waals surface area contributed by atoms with Crippen LogP contribution < -0.4 is 4.74 Å². The number of hydrogen-bond acceptors (Lipinski definition) is 5. The molecule has 0 aliphatic carbocycles. The van der Waals surface area contributed by atoms with Gasteiger partial charge in [-0.2, -0.15) is 0 Å². The van der Waals surface area contributed by atoms with Crippen molar-refractivity contribution in [2.75, 3.05) is 7.11 Å². The molecule has 0 radical (unpaired) electrons. The molecule has 29 heavy (non-hydrogen) atoms. The number of fused-ring (bicyclic) bond motifs is 2. The summed E-state index contributed by atoms with van der Waals surface area (Å²) in [5.74, 6) is 0.516. The van der Waals surface area contributed by atoms with Gasteiger partial charge >= 0.3 is 6.09 Å². The fraction of sp³-hybridized carbons (Fsp3) is 0.435. The summed E-state index contributed by atoms with van der Waals surface area (Å²) in [5.41, 5.74) is 1.58. The number of amides is 1. The molecule has 0 N–H and O–H groups in total. The Hall–Kier alpha value is -2.89. The van der Waals surface area contributed by atoms with Gasteiger partial charge in [0.05, 0.1) is 7.11 Å². The maximum Gasteiger partial charge on any atom is 0.410 e. The van der Waals surface area contributed by atoms with Crippen LogP contribution in [0, 0.1) is 5.92 Å². The number of carbonyl (C=O) groups is 2. The van der Waals surface area contributed by atoms with E-state index in [1.807, 2.05) is 35.2 Å². The van der Waals surface area contributed by atoms with Gasteiger partial charge in [0.15, 0.2) is 5.78 Å². The molecule has 3 heterocycles. The highest BCUT2D eigenvalue weighted by molar-refractivity contribution is 5.97. The Labute approximate surface area is 170 Å². The van der Waals surface area contributed by atoms with Gasteiger partial charge in [-0.05, 0) is 43.7 Å². The topological polar surface area (TPSA) is 68.7 Å². The number of nitrogens with zero attached hydrogens (tertiary/aromatic N) is 2. The third-order valence-electron chi connectivity index (χ3n) is 5.99. The van der Waals surface area contributed by atoms with E-state index in [-0.39, 0.29) is 36.5 Å². The summed E-state index contributed by atoms with van der Waals surface area (Å²) in [7, 11) is 1.55. The van der Waals surface area contributed by atoms with E-state index in [1.54, 1.807) is 25.4 Å². The molecule has 2 aliphatic rings. The summed E-state index contributed by atoms with van der Waals surface area (Å²) in [6.07, 6.45) is 5.60. The highest BCUT2D eigenvalue weighted by Gasteiger charge is 2.43. The molecule has 2 aromatic rings. The zero-order valence-corrected chi connectivity index (χ0v) is 16.6. The number of piperidine rings is 2. The lowest BCUT2D eigenvalue weighted by molar-refractivity contribution is 0.00472. The molecule has 6 nitrogen and oxygen atoms in total. The second-order valence-corrected chi connectivity index (χ2v) is 7.81. The lowest BCUT2D eigenvalue weighted by Gasteiger charge is -2.47. The lowest BCUT2D eigenvalue weighted by atomic mass is 9.76. The number of methoxy groups -OCH3 is 1. The van der Waals surface area contributed by atoms with Gasteiger partial charge in [-0.1, -0.05) is 30.3 Å². The van der Waals surface area contributed by atoms with Gasteiger partial charge in [0.2, 0.25) is 5.88 Å². The second-order valence-electron chi connectivity index (χ2n) is 7.81. The molecule has 2 aliphatic heterocycles. The summed E-state index contributed by atoms with van der Waals surface area (Å²) in [4.78, 5) is 31.8. The summed E-state index contributed by atoms with van der Waals surface area (Å²) >= 11 is 0. The third kappa shape index (κ3) is 4.26. The number of aromatic nitrogens is 1. The van der Waals surface area contributed by atoms with Crippen molar-refractivity contribution in [3.63, 3.8) is 0 Å². The predicted molar refractivity (Wildman–Crippen MR) is 108 cm³/mol. The molecule has 2 saturated heterocycles. The Bertz CT molecular complexity index is 839. The average Bonchev–Trinajstić information content (AvgIpc) is 2.77. The van der Waals surface area contributed by atoms with E-state index >= 15 is 0 Å². The molecule has 1 aromatic heterocycles. The normalized spacial score (nSPS) is 23.3. The number of hydrogen-bond donors (Lipinski definition) is 0. The van der Waals surface area contributed by atoms with Crippen molar-refractivity contribution in [1.82, 2.24) is 9.88 Å². The number of ether oxygens (including phenoxy) is 2. The third-order valence-corrected chi connectivity index (χ3v) is 5.99. The Morgan fingerprint density at radius 1 is 1.07 bits per heavy atom. The van der Waals surface area contributed by atoms with Gasteiger partial charge in [-0.15, -0.1) is 0 Å². The molecule has 2 atom stereocenters. The summed E-state index contributed by atoms with van der Waals surface area (Å²) in [6.45, 7) is 0.273. The molecule has 2 bridgehead atoms. The number of rotatable bonds is 5. The predicted octanol–water partition coefficient (Wildman–Crippen LogP) is 4.24. The van der Waals surface area contributed by atoms with Gasteiger partial charge in [0.25, 0.3) is 0 Å². The summed E-state index contributed by atoms with van der Waals surface area (Å²) in [5, 5.41) is 0. The van der Waals surface area contributed by atoms with Crippen LogP contribution in [0.1, 0.15) is 48.0 Å². The highest BCUT2D eigenvalue weighted by Crippen LogP contribution is 2.38. The van der Waals surface area contributed by atoms with E-state index in [4.69, 9.17) is 9.47 Å². The molecule has 2 unspecified atom stereocenters. The van der Waals surface area contributed by atoms with Gasteiger partial charge in [0.1, 0.15) is 6.61 Å². The maximum absolute atomic E-state index is 13.0. The van der Waals surface area contributed by atoms with Crippen molar-refractivity contribution in [2.24, 2.45) is 5.92 Å². The zero-order valence-electron chi connectivity index (χ0n) is 16.6. The van der Waals surface area contributed by atoms with E-state index in [0.29, 0.717) is 24.3 Å². The molecule has 1 amide bonds. The molecule has 4 rings (SSSR count). The number of ketones is 1. The molecule has 0 saturated carbocycles. The summed E-state index contributed by atoms with van der Waals surface area (Å²) < 4.78 is 10.7. The SMILES string of the molecule is COc1ccc(C(=O)C2CC3CCCC(C2)N3C(=O)OCc2ccccc2)cn1. The molecular weight excluding hydrogens is 368 g/mol. The van der Waals surface area contributed by atoms with Crippen molar-refractivity contribution >= 4 is 11.9 Å². The van der Waals surface area contributed by atoms with E-state index < -0.39 is 0 Å². The van der Waals surface area contributed by atoms with Crippen LogP contribution >= 0.6 is 0 Å². The number of Topliss-reactive ketones (excluding diaryl/α,β-unsaturated/α-hetero) is 1. The van der Waals surface area contributed by atoms with Crippen molar-refractivity contribution in [1.29, 1.82) is 0 Å². The zero-order chi connectivity index (χ0) is 20.2. The fourth-order valence-electron chi connectivity index (χ4n) is 4.57. The fourth-order valence-corrected chi connectivity index (χ4v) is 4.57. The van der Waals surface area contributed by atoms with Crippen LogP contribution in [0.5, 0.6) is 5.88 Å². The largest absolute Gasteiger partial charge is 0.481 e. The monoisotopic (exact) mass is 394 g/mol. The van der Waals surface area contributed by atoms with Crippen LogP contribution in [-0.2, 0) is 11.3 Å². The standard InChI is InChI=1S/C23H26N2O4/c1-28-21-11-10-17(14-24-21)22(26)18-12-19-8-5-9-20(13-18)25(19)23(27)29-15-16-6-3-2-4-7-16/h2-4,6-7,10-11,14,18-20H,5,8-9,12-13,15H2,1H3. The van der Waals surface area contributed by atoms with E-state index in [2.05, 4.69) is 4.98 Å². The van der Waals surface area contributed by atoms with E-state index in [1.165, 1.54) is 0 Å². The van der Waals surface area contributed by atoms with Crippen molar-refractivity contribution in [2.45, 2.75) is 50.8 Å². The first kappa shape index (κ1) is 19.4. The molecule has 0 spiro atoms. The van der Waals surface area contributed by atoms with Crippen LogP contribution in [0.25, 0.3) is 0 Å². The Morgan fingerprint density at radius 2 is 1.79 bits per heavy atom. The quantitative estimate of drug-likeness (QED) is 0.710. The van der Waals surface area contributed by atoms with Gasteiger partial charge < -0.3 is 14.4 Å². The maximum atomic E-state index is 13.0. The number of carbonyl (C=O) groups excluding carboxylic acids is 2. The Kier molecular flexibility index (Phi) is 5.79. The van der Waals surface area contributed by atoms with Crippen molar-refractivity contribution < 1.29 is 19.1 Å². The average molecular weight is 394 g/mol. The van der Waals surface area contributed by atoms with E-state index in [0.717, 1.165) is 24.8 Å². The minimum Gasteiger partial charge on any atom is -0.481 e. The van der Waals surface area contributed by atoms with Crippen molar-refractivity contribution in [3.05, 3.63) is 59.8 Å². The molecule has 1 aromatic carbocycles. The van der Waals surface area contributed by atoms with Crippen LogP contribution in [0.3, 0.4) is 0 Å². The van der Waals surface area contributed by atoms with Crippen molar-refractivity contribution in [3.8, 4) is 5.88 Å². The number of benzene rings is 1. The molecular formula is C23H26N2O4. The minimum atomic E-state index is -0.263. The first-order chi connectivity index (χ1) is 14.2.